The van der Waals surface area contributed by atoms with Crippen LogP contribution in [0.15, 0.2) is 34.9 Å². The van der Waals surface area contributed by atoms with Crippen molar-refractivity contribution in [3.63, 3.8) is 0 Å². The monoisotopic (exact) mass is 290 g/mol. The van der Waals surface area contributed by atoms with Gasteiger partial charge in [0.15, 0.2) is 0 Å². The minimum atomic E-state index is 0.593. The molecule has 3 heteroatoms. The lowest BCUT2D eigenvalue weighted by Crippen LogP contribution is -2.14. The third kappa shape index (κ3) is 2.04. The van der Waals surface area contributed by atoms with E-state index in [1.165, 1.54) is 24.2 Å². The Kier molecular flexibility index (Phi) is 2.79. The van der Waals surface area contributed by atoms with Crippen LogP contribution >= 0.6 is 15.9 Å². The number of hydrogen-bond donors (Lipinski definition) is 0. The van der Waals surface area contributed by atoms with Gasteiger partial charge < -0.3 is 4.57 Å². The van der Waals surface area contributed by atoms with Crippen LogP contribution in [-0.2, 0) is 6.42 Å². The number of aromatic nitrogens is 2. The van der Waals surface area contributed by atoms with E-state index in [0.717, 1.165) is 16.6 Å². The maximum absolute atomic E-state index is 4.75. The van der Waals surface area contributed by atoms with E-state index in [0.29, 0.717) is 6.04 Å². The van der Waals surface area contributed by atoms with Crippen LogP contribution in [-0.4, -0.2) is 9.55 Å². The van der Waals surface area contributed by atoms with Crippen molar-refractivity contribution in [1.29, 1.82) is 0 Å². The standard InChI is InChI=1S/C14H15BrN2/c1-10-3-2-4-14-16-13(9-17(10)14)11-5-7-12(15)8-6-11/h5-10H,2-4H2,1H3/t10-/m0/s1. The summed E-state index contributed by atoms with van der Waals surface area (Å²) in [5.41, 5.74) is 2.29. The van der Waals surface area contributed by atoms with Gasteiger partial charge in [0, 0.05) is 28.7 Å². The molecular weight excluding hydrogens is 276 g/mol. The smallest absolute Gasteiger partial charge is 0.109 e. The number of hydrogen-bond acceptors (Lipinski definition) is 1. The Balaban J connectivity index is 2.02. The number of imidazole rings is 1. The maximum atomic E-state index is 4.75. The zero-order valence-electron chi connectivity index (χ0n) is 9.86. The van der Waals surface area contributed by atoms with Crippen LogP contribution in [0.25, 0.3) is 11.3 Å². The van der Waals surface area contributed by atoms with E-state index in [1.54, 1.807) is 0 Å². The summed E-state index contributed by atoms with van der Waals surface area (Å²) in [5.74, 6) is 1.24. The first-order valence-electron chi connectivity index (χ1n) is 6.08. The van der Waals surface area contributed by atoms with E-state index < -0.39 is 0 Å². The van der Waals surface area contributed by atoms with Gasteiger partial charge in [-0.1, -0.05) is 28.1 Å². The molecule has 0 radical (unpaired) electrons. The molecule has 3 rings (SSSR count). The number of halogens is 1. The summed E-state index contributed by atoms with van der Waals surface area (Å²) in [5, 5.41) is 0. The molecule has 0 N–H and O–H groups in total. The maximum Gasteiger partial charge on any atom is 0.109 e. The largest absolute Gasteiger partial charge is 0.331 e. The molecule has 2 heterocycles. The number of fused-ring (bicyclic) bond motifs is 1. The Morgan fingerprint density at radius 3 is 2.76 bits per heavy atom. The van der Waals surface area contributed by atoms with Crippen molar-refractivity contribution in [2.24, 2.45) is 0 Å². The molecule has 0 unspecified atom stereocenters. The summed E-state index contributed by atoms with van der Waals surface area (Å²) in [6, 6.07) is 8.95. The molecule has 1 aromatic heterocycles. The highest BCUT2D eigenvalue weighted by Gasteiger charge is 2.18. The number of rotatable bonds is 1. The topological polar surface area (TPSA) is 17.8 Å². The molecule has 2 aromatic rings. The number of benzene rings is 1. The molecule has 2 nitrogen and oxygen atoms in total. The highest BCUT2D eigenvalue weighted by atomic mass is 79.9. The molecule has 88 valence electrons. The van der Waals surface area contributed by atoms with Crippen LogP contribution in [0.3, 0.4) is 0 Å². The first kappa shape index (κ1) is 11.0. The second kappa shape index (κ2) is 4.30. The van der Waals surface area contributed by atoms with Crippen LogP contribution in [0.1, 0.15) is 31.6 Å². The second-order valence-electron chi connectivity index (χ2n) is 4.70. The third-order valence-corrected chi connectivity index (χ3v) is 3.97. The first-order chi connectivity index (χ1) is 8.24. The normalized spacial score (nSPS) is 19.1. The molecule has 0 saturated carbocycles. The van der Waals surface area contributed by atoms with Crippen LogP contribution in [0.5, 0.6) is 0 Å². The van der Waals surface area contributed by atoms with Gasteiger partial charge in [0.2, 0.25) is 0 Å². The van der Waals surface area contributed by atoms with Gasteiger partial charge in [0.1, 0.15) is 5.82 Å². The average Bonchev–Trinajstić information content (AvgIpc) is 2.75. The Morgan fingerprint density at radius 2 is 2.06 bits per heavy atom. The fraction of sp³-hybridized carbons (Fsp3) is 0.357. The highest BCUT2D eigenvalue weighted by Crippen LogP contribution is 2.28. The van der Waals surface area contributed by atoms with Crippen molar-refractivity contribution >= 4 is 15.9 Å². The Bertz CT molecular complexity index is 528. The Morgan fingerprint density at radius 1 is 1.29 bits per heavy atom. The summed E-state index contributed by atoms with van der Waals surface area (Å²) in [4.78, 5) is 4.75. The van der Waals surface area contributed by atoms with Crippen molar-refractivity contribution in [2.45, 2.75) is 32.2 Å². The van der Waals surface area contributed by atoms with Gasteiger partial charge >= 0.3 is 0 Å². The molecular formula is C14H15BrN2. The molecule has 0 aliphatic carbocycles. The zero-order valence-corrected chi connectivity index (χ0v) is 11.4. The zero-order chi connectivity index (χ0) is 11.8. The van der Waals surface area contributed by atoms with Gasteiger partial charge in [-0.15, -0.1) is 0 Å². The van der Waals surface area contributed by atoms with Gasteiger partial charge in [-0.2, -0.15) is 0 Å². The number of aryl methyl sites for hydroxylation is 1. The van der Waals surface area contributed by atoms with Crippen LogP contribution in [0, 0.1) is 0 Å². The van der Waals surface area contributed by atoms with Crippen molar-refractivity contribution in [2.75, 3.05) is 0 Å². The molecule has 1 atom stereocenters. The highest BCUT2D eigenvalue weighted by molar-refractivity contribution is 9.10. The SMILES string of the molecule is C[C@H]1CCCc2nc(-c3ccc(Br)cc3)cn21. The molecule has 0 amide bonds. The Hall–Kier alpha value is -1.09. The van der Waals surface area contributed by atoms with Crippen molar-refractivity contribution in [3.05, 3.63) is 40.8 Å². The first-order valence-corrected chi connectivity index (χ1v) is 6.87. The predicted molar refractivity (Wildman–Crippen MR) is 73.0 cm³/mol. The summed E-state index contributed by atoms with van der Waals surface area (Å²) >= 11 is 3.46. The van der Waals surface area contributed by atoms with Gasteiger partial charge in [-0.3, -0.25) is 0 Å². The average molecular weight is 291 g/mol. The van der Waals surface area contributed by atoms with E-state index in [9.17, 15) is 0 Å². The minimum absolute atomic E-state index is 0.593. The van der Waals surface area contributed by atoms with Gasteiger partial charge in [-0.05, 0) is 31.9 Å². The minimum Gasteiger partial charge on any atom is -0.331 e. The summed E-state index contributed by atoms with van der Waals surface area (Å²) in [6.07, 6.45) is 5.84. The quantitative estimate of drug-likeness (QED) is 0.769. The Labute approximate surface area is 110 Å². The lowest BCUT2D eigenvalue weighted by Gasteiger charge is -2.20. The fourth-order valence-electron chi connectivity index (χ4n) is 2.45. The summed E-state index contributed by atoms with van der Waals surface area (Å²) in [7, 11) is 0. The molecule has 0 bridgehead atoms. The predicted octanol–water partition coefficient (Wildman–Crippen LogP) is 4.21. The molecule has 0 spiro atoms. The van der Waals surface area contributed by atoms with Gasteiger partial charge in [0.25, 0.3) is 0 Å². The van der Waals surface area contributed by atoms with Gasteiger partial charge in [0.05, 0.1) is 5.69 Å². The number of nitrogens with zero attached hydrogens (tertiary/aromatic N) is 2. The molecule has 1 aromatic carbocycles. The van der Waals surface area contributed by atoms with Gasteiger partial charge in [-0.25, -0.2) is 4.98 Å². The fourth-order valence-corrected chi connectivity index (χ4v) is 2.72. The van der Waals surface area contributed by atoms with E-state index in [1.807, 2.05) is 0 Å². The lowest BCUT2D eigenvalue weighted by molar-refractivity contribution is 0.426. The van der Waals surface area contributed by atoms with Crippen molar-refractivity contribution in [1.82, 2.24) is 9.55 Å². The molecule has 1 aliphatic rings. The van der Waals surface area contributed by atoms with Crippen LogP contribution in [0.2, 0.25) is 0 Å². The molecule has 0 saturated heterocycles. The molecule has 1 aliphatic heterocycles. The summed E-state index contributed by atoms with van der Waals surface area (Å²) < 4.78 is 3.44. The summed E-state index contributed by atoms with van der Waals surface area (Å²) in [6.45, 7) is 2.27. The van der Waals surface area contributed by atoms with Crippen molar-refractivity contribution in [3.8, 4) is 11.3 Å². The van der Waals surface area contributed by atoms with E-state index in [2.05, 4.69) is 57.9 Å². The van der Waals surface area contributed by atoms with E-state index >= 15 is 0 Å². The lowest BCUT2D eigenvalue weighted by atomic mass is 10.1. The van der Waals surface area contributed by atoms with Crippen LogP contribution in [0.4, 0.5) is 0 Å². The molecule has 17 heavy (non-hydrogen) atoms. The van der Waals surface area contributed by atoms with Crippen molar-refractivity contribution < 1.29 is 0 Å². The second-order valence-corrected chi connectivity index (χ2v) is 5.61. The third-order valence-electron chi connectivity index (χ3n) is 3.45. The van der Waals surface area contributed by atoms with E-state index in [-0.39, 0.29) is 0 Å². The molecule has 0 fully saturated rings. The van der Waals surface area contributed by atoms with E-state index in [4.69, 9.17) is 4.98 Å². The van der Waals surface area contributed by atoms with Crippen LogP contribution < -0.4 is 0 Å².